The summed E-state index contributed by atoms with van der Waals surface area (Å²) in [5.41, 5.74) is 1.06. The number of hydrogen-bond acceptors (Lipinski definition) is 6. The molecule has 0 radical (unpaired) electrons. The second-order valence-corrected chi connectivity index (χ2v) is 8.39. The molecular formula is C25H27N3O6. The Balaban J connectivity index is 1.41. The molecule has 2 aliphatic rings. The van der Waals surface area contributed by atoms with Gasteiger partial charge in [-0.05, 0) is 37.1 Å². The lowest BCUT2D eigenvalue weighted by Crippen LogP contribution is -2.42. The van der Waals surface area contributed by atoms with Gasteiger partial charge in [0.05, 0.1) is 18.4 Å². The summed E-state index contributed by atoms with van der Waals surface area (Å²) in [7, 11) is 0. The molecule has 0 bridgehead atoms. The zero-order chi connectivity index (χ0) is 23.9. The molecular weight excluding hydrogens is 438 g/mol. The first-order chi connectivity index (χ1) is 16.5. The van der Waals surface area contributed by atoms with E-state index in [2.05, 4.69) is 10.6 Å². The number of imide groups is 1. The Labute approximate surface area is 197 Å². The molecule has 1 aliphatic carbocycles. The maximum atomic E-state index is 12.9. The van der Waals surface area contributed by atoms with Crippen molar-refractivity contribution in [1.82, 2.24) is 4.90 Å². The van der Waals surface area contributed by atoms with Crippen molar-refractivity contribution in [3.8, 4) is 0 Å². The summed E-state index contributed by atoms with van der Waals surface area (Å²) in [5, 5.41) is 5.17. The fourth-order valence-electron chi connectivity index (χ4n) is 4.40. The Hall–Kier alpha value is -3.88. The number of ether oxygens (including phenoxy) is 2. The second-order valence-electron chi connectivity index (χ2n) is 8.39. The molecule has 9 heteroatoms. The molecule has 2 aromatic carbocycles. The Bertz CT molecular complexity index is 1010. The van der Waals surface area contributed by atoms with Crippen molar-refractivity contribution in [2.45, 2.75) is 31.8 Å². The van der Waals surface area contributed by atoms with Crippen LogP contribution >= 0.6 is 0 Å². The number of carbonyl (C=O) groups is 4. The SMILES string of the molecule is O=C(Nc1ccccc1)OCC(CN1C(=O)C2CCCCC2C1=O)OC(=O)Nc1ccccc1. The van der Waals surface area contributed by atoms with Gasteiger partial charge in [-0.3, -0.25) is 25.1 Å². The van der Waals surface area contributed by atoms with Crippen LogP contribution in [0.15, 0.2) is 60.7 Å². The number of para-hydroxylation sites is 2. The lowest BCUT2D eigenvalue weighted by Gasteiger charge is -2.23. The molecule has 3 atom stereocenters. The molecule has 1 heterocycles. The fraction of sp³-hybridized carbons (Fsp3) is 0.360. The zero-order valence-electron chi connectivity index (χ0n) is 18.6. The van der Waals surface area contributed by atoms with E-state index < -0.39 is 18.3 Å². The summed E-state index contributed by atoms with van der Waals surface area (Å²) in [6.07, 6.45) is 0.643. The standard InChI is InChI=1S/C25H27N3O6/c29-22-20-13-7-8-14-21(20)23(30)28(22)15-19(34-25(32)27-18-11-5-2-6-12-18)16-33-24(31)26-17-9-3-1-4-10-17/h1-6,9-12,19-21H,7-8,13-16H2,(H,26,31)(H,27,32). The van der Waals surface area contributed by atoms with E-state index in [9.17, 15) is 19.2 Å². The maximum absolute atomic E-state index is 12.9. The highest BCUT2D eigenvalue weighted by Gasteiger charge is 2.48. The molecule has 2 N–H and O–H groups in total. The van der Waals surface area contributed by atoms with Gasteiger partial charge in [-0.15, -0.1) is 0 Å². The molecule has 4 rings (SSSR count). The molecule has 1 aliphatic heterocycles. The highest BCUT2D eigenvalue weighted by Crippen LogP contribution is 2.38. The largest absolute Gasteiger partial charge is 0.445 e. The highest BCUT2D eigenvalue weighted by molar-refractivity contribution is 6.05. The van der Waals surface area contributed by atoms with Crippen LogP contribution < -0.4 is 10.6 Å². The number of amides is 4. The van der Waals surface area contributed by atoms with Gasteiger partial charge < -0.3 is 9.47 Å². The lowest BCUT2D eigenvalue weighted by atomic mass is 9.81. The van der Waals surface area contributed by atoms with Crippen LogP contribution in [-0.2, 0) is 19.1 Å². The van der Waals surface area contributed by atoms with Crippen molar-refractivity contribution in [3.63, 3.8) is 0 Å². The molecule has 1 saturated heterocycles. The van der Waals surface area contributed by atoms with Gasteiger partial charge >= 0.3 is 12.2 Å². The Morgan fingerprint density at radius 1 is 0.824 bits per heavy atom. The van der Waals surface area contributed by atoms with Crippen molar-refractivity contribution in [2.75, 3.05) is 23.8 Å². The third kappa shape index (κ3) is 5.72. The fourth-order valence-corrected chi connectivity index (χ4v) is 4.40. The van der Waals surface area contributed by atoms with Gasteiger partial charge in [0, 0.05) is 11.4 Å². The number of fused-ring (bicyclic) bond motifs is 1. The Kier molecular flexibility index (Phi) is 7.41. The summed E-state index contributed by atoms with van der Waals surface area (Å²) in [4.78, 5) is 51.6. The normalized spacial score (nSPS) is 20.3. The zero-order valence-corrected chi connectivity index (χ0v) is 18.6. The van der Waals surface area contributed by atoms with Crippen LogP contribution in [-0.4, -0.2) is 48.2 Å². The molecule has 3 unspecified atom stereocenters. The van der Waals surface area contributed by atoms with Gasteiger partial charge in [0.1, 0.15) is 6.61 Å². The molecule has 2 aromatic rings. The monoisotopic (exact) mass is 465 g/mol. The van der Waals surface area contributed by atoms with Crippen molar-refractivity contribution >= 4 is 35.4 Å². The lowest BCUT2D eigenvalue weighted by molar-refractivity contribution is -0.141. The smallest absolute Gasteiger partial charge is 0.412 e. The topological polar surface area (TPSA) is 114 Å². The number of nitrogens with zero attached hydrogens (tertiary/aromatic N) is 1. The molecule has 34 heavy (non-hydrogen) atoms. The van der Waals surface area contributed by atoms with Gasteiger partial charge in [0.2, 0.25) is 11.8 Å². The molecule has 2 fully saturated rings. The number of anilines is 2. The van der Waals surface area contributed by atoms with Gasteiger partial charge in [0.15, 0.2) is 6.10 Å². The minimum Gasteiger partial charge on any atom is -0.445 e. The quantitative estimate of drug-likeness (QED) is 0.597. The first-order valence-electron chi connectivity index (χ1n) is 11.4. The van der Waals surface area contributed by atoms with Gasteiger partial charge in [-0.25, -0.2) is 9.59 Å². The minimum absolute atomic E-state index is 0.175. The van der Waals surface area contributed by atoms with Crippen molar-refractivity contribution < 1.29 is 28.7 Å². The molecule has 9 nitrogen and oxygen atoms in total. The number of nitrogens with one attached hydrogen (secondary N) is 2. The average Bonchev–Trinajstić information content (AvgIpc) is 3.09. The van der Waals surface area contributed by atoms with E-state index in [-0.39, 0.29) is 36.8 Å². The first-order valence-corrected chi connectivity index (χ1v) is 11.4. The number of hydrogen-bond donors (Lipinski definition) is 2. The summed E-state index contributed by atoms with van der Waals surface area (Å²) >= 11 is 0. The maximum Gasteiger partial charge on any atom is 0.412 e. The average molecular weight is 466 g/mol. The van der Waals surface area contributed by atoms with Crippen LogP contribution in [0.3, 0.4) is 0 Å². The minimum atomic E-state index is -1.03. The third-order valence-corrected chi connectivity index (χ3v) is 6.03. The summed E-state index contributed by atoms with van der Waals surface area (Å²) in [6, 6.07) is 17.4. The molecule has 0 spiro atoms. The number of rotatable bonds is 7. The van der Waals surface area contributed by atoms with Crippen LogP contribution in [0.1, 0.15) is 25.7 Å². The van der Waals surface area contributed by atoms with Crippen LogP contribution in [0.5, 0.6) is 0 Å². The van der Waals surface area contributed by atoms with Gasteiger partial charge in [-0.1, -0.05) is 49.2 Å². The van der Waals surface area contributed by atoms with E-state index in [1.807, 2.05) is 12.1 Å². The summed E-state index contributed by atoms with van der Waals surface area (Å²) in [6.45, 7) is -0.501. The second kappa shape index (κ2) is 10.8. The van der Waals surface area contributed by atoms with Crippen molar-refractivity contribution in [1.29, 1.82) is 0 Å². The van der Waals surface area contributed by atoms with Crippen LogP contribution in [0, 0.1) is 11.8 Å². The number of likely N-dealkylation sites (tertiary alicyclic amines) is 1. The molecule has 0 aromatic heterocycles. The van der Waals surface area contributed by atoms with Crippen LogP contribution in [0.4, 0.5) is 21.0 Å². The van der Waals surface area contributed by atoms with Crippen LogP contribution in [0.25, 0.3) is 0 Å². The van der Waals surface area contributed by atoms with E-state index in [1.165, 1.54) is 0 Å². The van der Waals surface area contributed by atoms with Crippen LogP contribution in [0.2, 0.25) is 0 Å². The summed E-state index contributed by atoms with van der Waals surface area (Å²) < 4.78 is 10.7. The molecule has 4 amide bonds. The molecule has 178 valence electrons. The molecule has 1 saturated carbocycles. The third-order valence-electron chi connectivity index (χ3n) is 6.03. The predicted octanol–water partition coefficient (Wildman–Crippen LogP) is 4.03. The predicted molar refractivity (Wildman–Crippen MR) is 124 cm³/mol. The van der Waals surface area contributed by atoms with E-state index in [0.29, 0.717) is 24.2 Å². The van der Waals surface area contributed by atoms with Gasteiger partial charge in [0.25, 0.3) is 0 Å². The highest BCUT2D eigenvalue weighted by atomic mass is 16.6. The van der Waals surface area contributed by atoms with E-state index in [0.717, 1.165) is 17.7 Å². The first kappa shape index (κ1) is 23.3. The van der Waals surface area contributed by atoms with Crippen molar-refractivity contribution in [3.05, 3.63) is 60.7 Å². The van der Waals surface area contributed by atoms with E-state index in [4.69, 9.17) is 9.47 Å². The summed E-state index contributed by atoms with van der Waals surface area (Å²) in [5.74, 6) is -1.13. The van der Waals surface area contributed by atoms with E-state index >= 15 is 0 Å². The van der Waals surface area contributed by atoms with Crippen molar-refractivity contribution in [2.24, 2.45) is 11.8 Å². The number of carbonyl (C=O) groups excluding carboxylic acids is 4. The van der Waals surface area contributed by atoms with E-state index in [1.54, 1.807) is 48.5 Å². The Morgan fingerprint density at radius 3 is 1.85 bits per heavy atom. The number of benzene rings is 2. The Morgan fingerprint density at radius 2 is 1.32 bits per heavy atom. The van der Waals surface area contributed by atoms with Gasteiger partial charge in [-0.2, -0.15) is 0 Å².